The number of hydrogen-bond acceptors (Lipinski definition) is 4. The molecule has 0 bridgehead atoms. The van der Waals surface area contributed by atoms with Crippen LogP contribution in [-0.4, -0.2) is 17.6 Å². The summed E-state index contributed by atoms with van der Waals surface area (Å²) in [6.07, 6.45) is 2.40. The molecule has 25 heavy (non-hydrogen) atoms. The molecule has 0 saturated heterocycles. The van der Waals surface area contributed by atoms with E-state index in [0.29, 0.717) is 19.4 Å². The van der Waals surface area contributed by atoms with Crippen LogP contribution in [0.25, 0.3) is 10.9 Å². The summed E-state index contributed by atoms with van der Waals surface area (Å²) >= 11 is 0. The molecule has 4 heteroatoms. The van der Waals surface area contributed by atoms with Crippen molar-refractivity contribution in [3.63, 3.8) is 0 Å². The number of ether oxygens (including phenoxy) is 2. The molecule has 1 aromatic heterocycles. The van der Waals surface area contributed by atoms with Crippen LogP contribution >= 0.6 is 0 Å². The number of benzene rings is 2. The number of carbonyl (C=O) groups is 1. The van der Waals surface area contributed by atoms with Crippen molar-refractivity contribution >= 4 is 16.9 Å². The number of carbonyl (C=O) groups excluding carboxylic acids is 1. The monoisotopic (exact) mass is 335 g/mol. The van der Waals surface area contributed by atoms with E-state index in [1.165, 1.54) is 0 Å². The number of pyridine rings is 1. The van der Waals surface area contributed by atoms with Gasteiger partial charge in [0.25, 0.3) is 0 Å². The van der Waals surface area contributed by atoms with Crippen molar-refractivity contribution in [2.24, 2.45) is 0 Å². The van der Waals surface area contributed by atoms with E-state index in [1.54, 1.807) is 6.20 Å². The van der Waals surface area contributed by atoms with Crippen molar-refractivity contribution in [3.05, 3.63) is 72.4 Å². The smallest absolute Gasteiger partial charge is 0.306 e. The van der Waals surface area contributed by atoms with E-state index in [-0.39, 0.29) is 12.1 Å². The first-order valence-electron chi connectivity index (χ1n) is 8.44. The van der Waals surface area contributed by atoms with Crippen LogP contribution < -0.4 is 4.74 Å². The number of rotatable bonds is 7. The Labute approximate surface area is 147 Å². The number of fused-ring (bicyclic) bond motifs is 1. The SMILES string of the molecule is CC(OC(=O)CCCOc1ccccc1)c1cnc2ccccc2c1. The van der Waals surface area contributed by atoms with Gasteiger partial charge < -0.3 is 9.47 Å². The lowest BCUT2D eigenvalue weighted by molar-refractivity contribution is -0.148. The number of esters is 1. The predicted molar refractivity (Wildman–Crippen MR) is 97.4 cm³/mol. The Hall–Kier alpha value is -2.88. The standard InChI is InChI=1S/C21H21NO3/c1-16(18-14-17-8-5-6-11-20(17)22-15-18)25-21(23)12-7-13-24-19-9-3-2-4-10-19/h2-6,8-11,14-16H,7,12-13H2,1H3. The van der Waals surface area contributed by atoms with Crippen molar-refractivity contribution in [1.29, 1.82) is 0 Å². The summed E-state index contributed by atoms with van der Waals surface area (Å²) < 4.78 is 11.1. The maximum atomic E-state index is 12.0. The lowest BCUT2D eigenvalue weighted by Gasteiger charge is -2.14. The second kappa shape index (κ2) is 8.29. The second-order valence-corrected chi connectivity index (χ2v) is 5.86. The Morgan fingerprint density at radius 3 is 2.68 bits per heavy atom. The molecule has 1 atom stereocenters. The van der Waals surface area contributed by atoms with Crippen LogP contribution in [-0.2, 0) is 9.53 Å². The van der Waals surface area contributed by atoms with E-state index >= 15 is 0 Å². The molecule has 0 aliphatic heterocycles. The summed E-state index contributed by atoms with van der Waals surface area (Å²) in [7, 11) is 0. The molecule has 0 N–H and O–H groups in total. The number of hydrogen-bond donors (Lipinski definition) is 0. The Morgan fingerprint density at radius 1 is 1.08 bits per heavy atom. The third kappa shape index (κ3) is 4.80. The van der Waals surface area contributed by atoms with Gasteiger partial charge in [0, 0.05) is 23.6 Å². The van der Waals surface area contributed by atoms with Gasteiger partial charge in [0.15, 0.2) is 0 Å². The summed E-state index contributed by atoms with van der Waals surface area (Å²) in [5.74, 6) is 0.587. The maximum Gasteiger partial charge on any atom is 0.306 e. The fourth-order valence-corrected chi connectivity index (χ4v) is 2.56. The summed E-state index contributed by atoms with van der Waals surface area (Å²) in [5.41, 5.74) is 1.83. The van der Waals surface area contributed by atoms with Crippen molar-refractivity contribution in [1.82, 2.24) is 4.98 Å². The van der Waals surface area contributed by atoms with Crippen LogP contribution in [0.15, 0.2) is 66.9 Å². The maximum absolute atomic E-state index is 12.0. The Morgan fingerprint density at radius 2 is 1.84 bits per heavy atom. The molecule has 3 rings (SSSR count). The molecule has 1 unspecified atom stereocenters. The molecule has 128 valence electrons. The van der Waals surface area contributed by atoms with Gasteiger partial charge >= 0.3 is 5.97 Å². The molecule has 2 aromatic carbocycles. The number of nitrogens with zero attached hydrogens (tertiary/aromatic N) is 1. The first kappa shape index (κ1) is 17.0. The quantitative estimate of drug-likeness (QED) is 0.464. The molecule has 1 heterocycles. The van der Waals surface area contributed by atoms with Gasteiger partial charge in [-0.15, -0.1) is 0 Å². The average molecular weight is 335 g/mol. The summed E-state index contributed by atoms with van der Waals surface area (Å²) in [5, 5.41) is 1.04. The van der Waals surface area contributed by atoms with Crippen molar-refractivity contribution in [3.8, 4) is 5.75 Å². The molecule has 0 amide bonds. The van der Waals surface area contributed by atoms with Crippen LogP contribution in [0.4, 0.5) is 0 Å². The first-order chi connectivity index (χ1) is 12.2. The molecule has 0 aliphatic carbocycles. The van der Waals surface area contributed by atoms with Crippen molar-refractivity contribution in [2.75, 3.05) is 6.61 Å². The van der Waals surface area contributed by atoms with Gasteiger partial charge in [0.05, 0.1) is 12.1 Å². The Balaban J connectivity index is 1.46. The molecular weight excluding hydrogens is 314 g/mol. The Bertz CT molecular complexity index is 833. The molecule has 0 fully saturated rings. The van der Waals surface area contributed by atoms with Crippen molar-refractivity contribution < 1.29 is 14.3 Å². The van der Waals surface area contributed by atoms with Crippen LogP contribution in [0.1, 0.15) is 31.4 Å². The minimum absolute atomic E-state index is 0.225. The number of aromatic nitrogens is 1. The molecular formula is C21H21NO3. The predicted octanol–water partition coefficient (Wildman–Crippen LogP) is 4.70. The van der Waals surface area contributed by atoms with Gasteiger partial charge in [-0.1, -0.05) is 36.4 Å². The first-order valence-corrected chi connectivity index (χ1v) is 8.44. The summed E-state index contributed by atoms with van der Waals surface area (Å²) in [4.78, 5) is 16.4. The van der Waals surface area contributed by atoms with Crippen LogP contribution in [0.3, 0.4) is 0 Å². The van der Waals surface area contributed by atoms with Gasteiger partial charge in [-0.05, 0) is 37.6 Å². The molecule has 0 saturated carbocycles. The summed E-state index contributed by atoms with van der Waals surface area (Å²) in [6, 6.07) is 19.5. The third-order valence-corrected chi connectivity index (χ3v) is 3.93. The van der Waals surface area contributed by atoms with Crippen molar-refractivity contribution in [2.45, 2.75) is 25.9 Å². The third-order valence-electron chi connectivity index (χ3n) is 3.93. The minimum atomic E-state index is -0.320. The van der Waals surface area contributed by atoms with Gasteiger partial charge in [-0.25, -0.2) is 0 Å². The van der Waals surface area contributed by atoms with E-state index in [1.807, 2.05) is 67.6 Å². The highest BCUT2D eigenvalue weighted by Crippen LogP contribution is 2.21. The lowest BCUT2D eigenvalue weighted by Crippen LogP contribution is -2.10. The molecule has 3 aromatic rings. The zero-order valence-electron chi connectivity index (χ0n) is 14.2. The van der Waals surface area contributed by atoms with Crippen LogP contribution in [0.2, 0.25) is 0 Å². The fourth-order valence-electron chi connectivity index (χ4n) is 2.56. The molecule has 0 spiro atoms. The van der Waals surface area contributed by atoms with E-state index in [4.69, 9.17) is 9.47 Å². The molecule has 4 nitrogen and oxygen atoms in total. The highest BCUT2D eigenvalue weighted by Gasteiger charge is 2.12. The average Bonchev–Trinajstić information content (AvgIpc) is 2.65. The zero-order valence-corrected chi connectivity index (χ0v) is 14.2. The minimum Gasteiger partial charge on any atom is -0.494 e. The number of para-hydroxylation sites is 2. The Kier molecular flexibility index (Phi) is 5.62. The topological polar surface area (TPSA) is 48.4 Å². The lowest BCUT2D eigenvalue weighted by atomic mass is 10.1. The van der Waals surface area contributed by atoms with Gasteiger partial charge in [0.2, 0.25) is 0 Å². The van der Waals surface area contributed by atoms with E-state index < -0.39 is 0 Å². The zero-order chi connectivity index (χ0) is 17.5. The highest BCUT2D eigenvalue weighted by atomic mass is 16.5. The summed E-state index contributed by atoms with van der Waals surface area (Å²) in [6.45, 7) is 2.36. The van der Waals surface area contributed by atoms with E-state index in [0.717, 1.165) is 22.2 Å². The van der Waals surface area contributed by atoms with Gasteiger partial charge in [-0.2, -0.15) is 0 Å². The molecule has 0 radical (unpaired) electrons. The van der Waals surface area contributed by atoms with E-state index in [2.05, 4.69) is 4.98 Å². The highest BCUT2D eigenvalue weighted by molar-refractivity contribution is 5.79. The largest absolute Gasteiger partial charge is 0.494 e. The molecule has 0 aliphatic rings. The second-order valence-electron chi connectivity index (χ2n) is 5.86. The fraction of sp³-hybridized carbons (Fsp3) is 0.238. The van der Waals surface area contributed by atoms with Gasteiger partial charge in [-0.3, -0.25) is 9.78 Å². The van der Waals surface area contributed by atoms with Crippen LogP contribution in [0.5, 0.6) is 5.75 Å². The van der Waals surface area contributed by atoms with Gasteiger partial charge in [0.1, 0.15) is 11.9 Å². The normalized spacial score (nSPS) is 11.9. The van der Waals surface area contributed by atoms with Crippen LogP contribution in [0, 0.1) is 0 Å². The van der Waals surface area contributed by atoms with E-state index in [9.17, 15) is 4.79 Å².